The molecule has 0 radical (unpaired) electrons. The lowest BCUT2D eigenvalue weighted by atomic mass is 10.1. The third kappa shape index (κ3) is 4.23. The molecule has 2 nitrogen and oxygen atoms in total. The van der Waals surface area contributed by atoms with Gasteiger partial charge in [-0.3, -0.25) is 0 Å². The maximum Gasteiger partial charge on any atom is 0.136 e. The van der Waals surface area contributed by atoms with Crippen molar-refractivity contribution in [1.29, 1.82) is 0 Å². The van der Waals surface area contributed by atoms with Crippen LogP contribution >= 0.6 is 11.8 Å². The van der Waals surface area contributed by atoms with Gasteiger partial charge in [-0.15, -0.1) is 11.8 Å². The first-order valence-electron chi connectivity index (χ1n) is 6.14. The quantitative estimate of drug-likeness (QED) is 0.658. The second kappa shape index (κ2) is 7.07. The van der Waals surface area contributed by atoms with Gasteiger partial charge in [-0.2, -0.15) is 0 Å². The van der Waals surface area contributed by atoms with E-state index >= 15 is 0 Å². The first-order chi connectivity index (χ1) is 8.75. The van der Waals surface area contributed by atoms with Gasteiger partial charge in [-0.25, -0.2) is 8.78 Å². The molecule has 1 aliphatic rings. The van der Waals surface area contributed by atoms with Gasteiger partial charge in [-0.1, -0.05) is 0 Å². The molecule has 0 bridgehead atoms. The number of thioether (sulfide) groups is 1. The van der Waals surface area contributed by atoms with Gasteiger partial charge < -0.3 is 10.1 Å². The van der Waals surface area contributed by atoms with Crippen molar-refractivity contribution in [3.8, 4) is 0 Å². The third-order valence-corrected chi connectivity index (χ3v) is 3.94. The van der Waals surface area contributed by atoms with Crippen LogP contribution in [-0.4, -0.2) is 31.6 Å². The Kier molecular flexibility index (Phi) is 5.41. The predicted octanol–water partition coefficient (Wildman–Crippen LogP) is 2.83. The van der Waals surface area contributed by atoms with Crippen molar-refractivity contribution in [2.24, 2.45) is 0 Å². The fraction of sp³-hybridized carbons (Fsp3) is 0.538. The van der Waals surface area contributed by atoms with Crippen molar-refractivity contribution in [2.75, 3.05) is 25.5 Å². The Morgan fingerprint density at radius 1 is 1.28 bits per heavy atom. The van der Waals surface area contributed by atoms with Crippen LogP contribution in [0.3, 0.4) is 0 Å². The molecule has 0 saturated carbocycles. The average molecular weight is 273 g/mol. The van der Waals surface area contributed by atoms with Gasteiger partial charge in [0.1, 0.15) is 11.6 Å². The summed E-state index contributed by atoms with van der Waals surface area (Å²) in [7, 11) is 0. The van der Waals surface area contributed by atoms with Gasteiger partial charge in [0.2, 0.25) is 0 Å². The van der Waals surface area contributed by atoms with E-state index in [-0.39, 0.29) is 5.82 Å². The summed E-state index contributed by atoms with van der Waals surface area (Å²) < 4.78 is 31.5. The van der Waals surface area contributed by atoms with Gasteiger partial charge in [0.05, 0.1) is 0 Å². The van der Waals surface area contributed by atoms with Crippen molar-refractivity contribution in [1.82, 2.24) is 5.32 Å². The van der Waals surface area contributed by atoms with E-state index in [1.54, 1.807) is 0 Å². The number of nitrogens with one attached hydrogen (secondary N) is 1. The zero-order chi connectivity index (χ0) is 12.8. The fourth-order valence-electron chi connectivity index (χ4n) is 1.91. The van der Waals surface area contributed by atoms with Crippen LogP contribution in [0.4, 0.5) is 8.78 Å². The van der Waals surface area contributed by atoms with Crippen LogP contribution in [0.15, 0.2) is 23.1 Å². The molecule has 0 aromatic heterocycles. The van der Waals surface area contributed by atoms with Crippen molar-refractivity contribution >= 4 is 11.8 Å². The van der Waals surface area contributed by atoms with Crippen LogP contribution in [0.5, 0.6) is 0 Å². The zero-order valence-corrected chi connectivity index (χ0v) is 10.9. The van der Waals surface area contributed by atoms with E-state index in [2.05, 4.69) is 5.32 Å². The Hall–Kier alpha value is -0.650. The summed E-state index contributed by atoms with van der Waals surface area (Å²) in [6.07, 6.45) is 2.05. The van der Waals surface area contributed by atoms with Crippen LogP contribution in [0.1, 0.15) is 12.8 Å². The lowest BCUT2D eigenvalue weighted by Gasteiger charge is -2.23. The molecule has 0 unspecified atom stereocenters. The van der Waals surface area contributed by atoms with E-state index < -0.39 is 5.82 Å². The summed E-state index contributed by atoms with van der Waals surface area (Å²) in [5.74, 6) is -0.0127. The molecule has 2 rings (SSSR count). The van der Waals surface area contributed by atoms with Gasteiger partial charge in [0, 0.05) is 36.4 Å². The number of rotatable bonds is 5. The molecule has 1 fully saturated rings. The lowest BCUT2D eigenvalue weighted by molar-refractivity contribution is 0.0786. The highest BCUT2D eigenvalue weighted by Gasteiger charge is 2.12. The zero-order valence-electron chi connectivity index (χ0n) is 10.1. The number of hydrogen-bond donors (Lipinski definition) is 1. The van der Waals surface area contributed by atoms with E-state index in [0.29, 0.717) is 10.9 Å². The Bertz CT molecular complexity index is 383. The lowest BCUT2D eigenvalue weighted by Crippen LogP contribution is -2.35. The van der Waals surface area contributed by atoms with Gasteiger partial charge >= 0.3 is 0 Å². The monoisotopic (exact) mass is 273 g/mol. The molecular formula is C13H17F2NOS. The number of hydrogen-bond acceptors (Lipinski definition) is 3. The summed E-state index contributed by atoms with van der Waals surface area (Å²) in [5.41, 5.74) is 0. The smallest absolute Gasteiger partial charge is 0.136 e. The van der Waals surface area contributed by atoms with Crippen molar-refractivity contribution in [2.45, 2.75) is 23.8 Å². The molecule has 1 N–H and O–H groups in total. The molecule has 1 saturated heterocycles. The van der Waals surface area contributed by atoms with Gasteiger partial charge in [-0.05, 0) is 31.0 Å². The summed E-state index contributed by atoms with van der Waals surface area (Å²) in [5, 5.41) is 3.41. The van der Waals surface area contributed by atoms with Crippen LogP contribution < -0.4 is 5.32 Å². The standard InChI is InChI=1S/C13H17F2NOS/c14-10-1-2-12(15)13(9-10)18-8-5-16-11-3-6-17-7-4-11/h1-2,9,11,16H,3-8H2. The Labute approximate surface area is 110 Å². The minimum Gasteiger partial charge on any atom is -0.381 e. The van der Waals surface area contributed by atoms with Gasteiger partial charge in [0.15, 0.2) is 0 Å². The highest BCUT2D eigenvalue weighted by atomic mass is 32.2. The number of halogens is 2. The molecule has 0 aliphatic carbocycles. The van der Waals surface area contributed by atoms with E-state index in [0.717, 1.165) is 44.4 Å². The largest absolute Gasteiger partial charge is 0.381 e. The summed E-state index contributed by atoms with van der Waals surface area (Å²) in [4.78, 5) is 0.378. The molecule has 1 heterocycles. The molecule has 0 amide bonds. The van der Waals surface area contributed by atoms with Crippen LogP contribution in [-0.2, 0) is 4.74 Å². The molecule has 1 aromatic rings. The van der Waals surface area contributed by atoms with Crippen LogP contribution in [0, 0.1) is 11.6 Å². The number of benzene rings is 1. The van der Waals surface area contributed by atoms with E-state index in [9.17, 15) is 8.78 Å². The molecule has 100 valence electrons. The van der Waals surface area contributed by atoms with Gasteiger partial charge in [0.25, 0.3) is 0 Å². The van der Waals surface area contributed by atoms with Crippen molar-refractivity contribution in [3.05, 3.63) is 29.8 Å². The molecule has 5 heteroatoms. The van der Waals surface area contributed by atoms with Crippen LogP contribution in [0.2, 0.25) is 0 Å². The topological polar surface area (TPSA) is 21.3 Å². The van der Waals surface area contributed by atoms with Crippen molar-refractivity contribution in [3.63, 3.8) is 0 Å². The second-order valence-electron chi connectivity index (χ2n) is 4.26. The minimum absolute atomic E-state index is 0.354. The summed E-state index contributed by atoms with van der Waals surface area (Å²) >= 11 is 1.34. The maximum atomic E-state index is 13.3. The summed E-state index contributed by atoms with van der Waals surface area (Å²) in [6, 6.07) is 4.05. The average Bonchev–Trinajstić information content (AvgIpc) is 2.40. The van der Waals surface area contributed by atoms with Crippen LogP contribution in [0.25, 0.3) is 0 Å². The minimum atomic E-state index is -0.392. The molecule has 1 aliphatic heterocycles. The third-order valence-electron chi connectivity index (χ3n) is 2.91. The Morgan fingerprint density at radius 3 is 2.83 bits per heavy atom. The van der Waals surface area contributed by atoms with E-state index in [4.69, 9.17) is 4.74 Å². The SMILES string of the molecule is Fc1ccc(F)c(SCCNC2CCOCC2)c1. The molecule has 0 spiro atoms. The Morgan fingerprint density at radius 2 is 2.06 bits per heavy atom. The first kappa shape index (κ1) is 13.8. The fourth-order valence-corrected chi connectivity index (χ4v) is 2.76. The molecule has 0 atom stereocenters. The number of ether oxygens (including phenoxy) is 1. The summed E-state index contributed by atoms with van der Waals surface area (Å²) in [6.45, 7) is 2.41. The first-order valence-corrected chi connectivity index (χ1v) is 7.13. The van der Waals surface area contributed by atoms with Crippen molar-refractivity contribution < 1.29 is 13.5 Å². The highest BCUT2D eigenvalue weighted by molar-refractivity contribution is 7.99. The second-order valence-corrected chi connectivity index (χ2v) is 5.40. The van der Waals surface area contributed by atoms with E-state index in [1.165, 1.54) is 23.9 Å². The predicted molar refractivity (Wildman–Crippen MR) is 68.9 cm³/mol. The normalized spacial score (nSPS) is 17.0. The highest BCUT2D eigenvalue weighted by Crippen LogP contribution is 2.22. The Balaban J connectivity index is 1.69. The maximum absolute atomic E-state index is 13.3. The molecule has 18 heavy (non-hydrogen) atoms. The molecule has 1 aromatic carbocycles. The van der Waals surface area contributed by atoms with E-state index in [1.807, 2.05) is 0 Å². The molecular weight excluding hydrogens is 256 g/mol.